The fourth-order valence-corrected chi connectivity index (χ4v) is 2.46. The van der Waals surface area contributed by atoms with Gasteiger partial charge in [0.05, 0.1) is 18.1 Å². The van der Waals surface area contributed by atoms with Crippen LogP contribution in [0.15, 0.2) is 40.9 Å². The van der Waals surface area contributed by atoms with Crippen molar-refractivity contribution in [3.63, 3.8) is 0 Å². The van der Waals surface area contributed by atoms with Crippen LogP contribution in [0.25, 0.3) is 11.3 Å². The molecule has 1 unspecified atom stereocenters. The number of rotatable bonds is 6. The molecule has 1 atom stereocenters. The maximum atomic E-state index is 5.79. The lowest BCUT2D eigenvalue weighted by Crippen LogP contribution is -1.95. The molecular weight excluding hydrogens is 246 g/mol. The Bertz CT molecular complexity index is 470. The van der Waals surface area contributed by atoms with Gasteiger partial charge in [-0.25, -0.2) is 4.98 Å². The Morgan fingerprint density at radius 2 is 2.11 bits per heavy atom. The summed E-state index contributed by atoms with van der Waals surface area (Å²) in [6, 6.07) is 10.0. The summed E-state index contributed by atoms with van der Waals surface area (Å²) in [6.07, 6.45) is 1.79. The summed E-state index contributed by atoms with van der Waals surface area (Å²) in [4.78, 5) is 4.34. The quantitative estimate of drug-likeness (QED) is 0.743. The summed E-state index contributed by atoms with van der Waals surface area (Å²) >= 11 is 1.78. The van der Waals surface area contributed by atoms with Gasteiger partial charge in [0.15, 0.2) is 5.76 Å². The largest absolute Gasteiger partial charge is 0.440 e. The Balaban J connectivity index is 2.02. The molecule has 0 spiro atoms. The highest BCUT2D eigenvalue weighted by Gasteiger charge is 2.13. The van der Waals surface area contributed by atoms with Gasteiger partial charge < -0.3 is 9.15 Å². The molecule has 0 amide bonds. The molecule has 0 fully saturated rings. The summed E-state index contributed by atoms with van der Waals surface area (Å²) in [6.45, 7) is 2.85. The number of benzene rings is 1. The molecule has 2 rings (SSSR count). The molecule has 0 aliphatic rings. The normalized spacial score (nSPS) is 12.6. The molecule has 0 saturated carbocycles. The first-order valence-corrected chi connectivity index (χ1v) is 6.98. The summed E-state index contributed by atoms with van der Waals surface area (Å²) in [5.41, 5.74) is 1.06. The molecule has 4 heteroatoms. The van der Waals surface area contributed by atoms with Gasteiger partial charge >= 0.3 is 0 Å². The molecule has 0 saturated heterocycles. The van der Waals surface area contributed by atoms with E-state index in [1.165, 1.54) is 0 Å². The lowest BCUT2D eigenvalue weighted by molar-refractivity contribution is 0.218. The maximum absolute atomic E-state index is 5.79. The van der Waals surface area contributed by atoms with Gasteiger partial charge in [0.1, 0.15) is 0 Å². The molecule has 1 aromatic heterocycles. The minimum atomic E-state index is 0.248. The van der Waals surface area contributed by atoms with Crippen molar-refractivity contribution in [3.8, 4) is 11.3 Å². The summed E-state index contributed by atoms with van der Waals surface area (Å²) < 4.78 is 10.8. The summed E-state index contributed by atoms with van der Waals surface area (Å²) in [7, 11) is 1.71. The zero-order valence-corrected chi connectivity index (χ0v) is 11.4. The van der Waals surface area contributed by atoms with E-state index in [0.717, 1.165) is 29.6 Å². The Hall–Kier alpha value is -1.26. The van der Waals surface area contributed by atoms with E-state index in [9.17, 15) is 0 Å². The van der Waals surface area contributed by atoms with Gasteiger partial charge in [0, 0.05) is 18.4 Å². The third-order valence-corrected chi connectivity index (χ3v) is 3.69. The third-order valence-electron chi connectivity index (χ3n) is 2.58. The first-order chi connectivity index (χ1) is 8.81. The number of hydrogen-bond donors (Lipinski definition) is 0. The number of hydrogen-bond acceptors (Lipinski definition) is 4. The van der Waals surface area contributed by atoms with Crippen LogP contribution in [0.3, 0.4) is 0 Å². The molecule has 18 heavy (non-hydrogen) atoms. The van der Waals surface area contributed by atoms with Crippen LogP contribution in [-0.4, -0.2) is 24.5 Å². The molecule has 96 valence electrons. The van der Waals surface area contributed by atoms with Crippen molar-refractivity contribution in [2.45, 2.75) is 12.2 Å². The van der Waals surface area contributed by atoms with Crippen molar-refractivity contribution in [1.82, 2.24) is 4.98 Å². The second-order valence-electron chi connectivity index (χ2n) is 3.93. The molecule has 0 N–H and O–H groups in total. The average molecular weight is 263 g/mol. The van der Waals surface area contributed by atoms with Gasteiger partial charge in [-0.3, -0.25) is 0 Å². The zero-order valence-electron chi connectivity index (χ0n) is 10.6. The van der Waals surface area contributed by atoms with Gasteiger partial charge in [-0.1, -0.05) is 30.3 Å². The number of thioether (sulfide) groups is 1. The fourth-order valence-electron chi connectivity index (χ4n) is 1.59. The van der Waals surface area contributed by atoms with Crippen molar-refractivity contribution < 1.29 is 9.15 Å². The van der Waals surface area contributed by atoms with Crippen LogP contribution in [0.4, 0.5) is 0 Å². The van der Waals surface area contributed by atoms with E-state index in [-0.39, 0.29) is 5.25 Å². The average Bonchev–Trinajstić information content (AvgIpc) is 2.89. The van der Waals surface area contributed by atoms with Crippen molar-refractivity contribution in [2.24, 2.45) is 0 Å². The number of methoxy groups -OCH3 is 1. The first kappa shape index (κ1) is 13.2. The van der Waals surface area contributed by atoms with E-state index >= 15 is 0 Å². The minimum absolute atomic E-state index is 0.248. The van der Waals surface area contributed by atoms with E-state index in [0.29, 0.717) is 0 Å². The molecule has 0 bridgehead atoms. The second kappa shape index (κ2) is 6.61. The Morgan fingerprint density at radius 3 is 2.83 bits per heavy atom. The van der Waals surface area contributed by atoms with Crippen LogP contribution in [0, 0.1) is 0 Å². The van der Waals surface area contributed by atoms with Crippen LogP contribution in [0.1, 0.15) is 18.1 Å². The molecule has 2 aromatic rings. The van der Waals surface area contributed by atoms with Crippen LogP contribution >= 0.6 is 11.8 Å². The highest BCUT2D eigenvalue weighted by molar-refractivity contribution is 7.99. The minimum Gasteiger partial charge on any atom is -0.440 e. The van der Waals surface area contributed by atoms with Crippen molar-refractivity contribution >= 4 is 11.8 Å². The SMILES string of the molecule is COCCSC(C)c1ncc(-c2ccccc2)o1. The lowest BCUT2D eigenvalue weighted by atomic mass is 10.2. The molecule has 1 aromatic carbocycles. The Morgan fingerprint density at radius 1 is 1.33 bits per heavy atom. The maximum Gasteiger partial charge on any atom is 0.207 e. The third kappa shape index (κ3) is 3.37. The predicted octanol–water partition coefficient (Wildman–Crippen LogP) is 3.78. The van der Waals surface area contributed by atoms with Crippen LogP contribution in [0.5, 0.6) is 0 Å². The second-order valence-corrected chi connectivity index (χ2v) is 5.38. The van der Waals surface area contributed by atoms with E-state index in [1.807, 2.05) is 30.3 Å². The number of nitrogens with zero attached hydrogens (tertiary/aromatic N) is 1. The van der Waals surface area contributed by atoms with Crippen LogP contribution < -0.4 is 0 Å². The Kier molecular flexibility index (Phi) is 4.84. The van der Waals surface area contributed by atoms with Crippen LogP contribution in [0.2, 0.25) is 0 Å². The van der Waals surface area contributed by atoms with E-state index in [2.05, 4.69) is 11.9 Å². The molecule has 0 aliphatic carbocycles. The number of oxazole rings is 1. The van der Waals surface area contributed by atoms with Gasteiger partial charge in [-0.15, -0.1) is 11.8 Å². The fraction of sp³-hybridized carbons (Fsp3) is 0.357. The van der Waals surface area contributed by atoms with Crippen LogP contribution in [-0.2, 0) is 4.74 Å². The number of aromatic nitrogens is 1. The van der Waals surface area contributed by atoms with E-state index < -0.39 is 0 Å². The van der Waals surface area contributed by atoms with Crippen molar-refractivity contribution in [3.05, 3.63) is 42.4 Å². The van der Waals surface area contributed by atoms with Crippen molar-refractivity contribution in [1.29, 1.82) is 0 Å². The smallest absolute Gasteiger partial charge is 0.207 e. The van der Waals surface area contributed by atoms with Gasteiger partial charge in [0.25, 0.3) is 0 Å². The molecule has 3 nitrogen and oxygen atoms in total. The van der Waals surface area contributed by atoms with Gasteiger partial charge in [-0.2, -0.15) is 0 Å². The monoisotopic (exact) mass is 263 g/mol. The zero-order chi connectivity index (χ0) is 12.8. The summed E-state index contributed by atoms with van der Waals surface area (Å²) in [5.74, 6) is 2.54. The topological polar surface area (TPSA) is 35.3 Å². The van der Waals surface area contributed by atoms with Crippen molar-refractivity contribution in [2.75, 3.05) is 19.5 Å². The first-order valence-electron chi connectivity index (χ1n) is 5.93. The highest BCUT2D eigenvalue weighted by atomic mass is 32.2. The number of ether oxygens (including phenoxy) is 1. The molecular formula is C14H17NO2S. The van der Waals surface area contributed by atoms with E-state index in [4.69, 9.17) is 9.15 Å². The molecule has 1 heterocycles. The van der Waals surface area contributed by atoms with Gasteiger partial charge in [-0.05, 0) is 6.92 Å². The lowest BCUT2D eigenvalue weighted by Gasteiger charge is -2.06. The molecule has 0 aliphatic heterocycles. The van der Waals surface area contributed by atoms with Gasteiger partial charge in [0.2, 0.25) is 5.89 Å². The standard InChI is InChI=1S/C14H17NO2S/c1-11(18-9-8-16-2)14-15-10-13(17-14)12-6-4-3-5-7-12/h3-7,10-11H,8-9H2,1-2H3. The highest BCUT2D eigenvalue weighted by Crippen LogP contribution is 2.30. The predicted molar refractivity (Wildman–Crippen MR) is 74.7 cm³/mol. The molecule has 0 radical (unpaired) electrons. The Labute approximate surface area is 112 Å². The van der Waals surface area contributed by atoms with E-state index in [1.54, 1.807) is 25.1 Å². The summed E-state index contributed by atoms with van der Waals surface area (Å²) in [5, 5.41) is 0.248.